The molecule has 7 nitrogen and oxygen atoms in total. The molecule has 170 valence electrons. The van der Waals surface area contributed by atoms with Crippen LogP contribution in [0.2, 0.25) is 0 Å². The van der Waals surface area contributed by atoms with Gasteiger partial charge in [-0.1, -0.05) is 49.0 Å². The first kappa shape index (κ1) is 23.7. The van der Waals surface area contributed by atoms with Crippen LogP contribution < -0.4 is 10.6 Å². The smallest absolute Gasteiger partial charge is 0.243 e. The van der Waals surface area contributed by atoms with Crippen molar-refractivity contribution in [3.05, 3.63) is 78.4 Å². The second-order valence-electron chi connectivity index (χ2n) is 8.32. The molecule has 0 atom stereocenters. The summed E-state index contributed by atoms with van der Waals surface area (Å²) in [6, 6.07) is 16.3. The van der Waals surface area contributed by atoms with Crippen molar-refractivity contribution >= 4 is 27.5 Å². The van der Waals surface area contributed by atoms with Crippen molar-refractivity contribution in [2.75, 3.05) is 18.4 Å². The summed E-state index contributed by atoms with van der Waals surface area (Å²) in [6.45, 7) is 6.08. The molecule has 0 radical (unpaired) electrons. The van der Waals surface area contributed by atoms with E-state index in [0.717, 1.165) is 5.56 Å². The van der Waals surface area contributed by atoms with Gasteiger partial charge in [-0.3, -0.25) is 9.59 Å². The predicted octanol–water partition coefficient (Wildman–Crippen LogP) is 2.85. The third-order valence-electron chi connectivity index (χ3n) is 5.62. The Bertz CT molecular complexity index is 1060. The molecule has 0 bridgehead atoms. The van der Waals surface area contributed by atoms with Crippen molar-refractivity contribution in [1.82, 2.24) is 9.62 Å². The second kappa shape index (κ2) is 10.1. The fraction of sp³-hybridized carbons (Fsp3) is 0.333. The number of sulfonamides is 1. The third-order valence-corrected chi connectivity index (χ3v) is 7.47. The summed E-state index contributed by atoms with van der Waals surface area (Å²) >= 11 is 0. The Labute approximate surface area is 189 Å². The molecule has 0 aliphatic carbocycles. The van der Waals surface area contributed by atoms with E-state index >= 15 is 0 Å². The Morgan fingerprint density at radius 2 is 1.66 bits per heavy atom. The number of hydrogen-bond acceptors (Lipinski definition) is 4. The molecule has 1 saturated heterocycles. The van der Waals surface area contributed by atoms with Crippen molar-refractivity contribution < 1.29 is 18.0 Å². The van der Waals surface area contributed by atoms with Gasteiger partial charge in [-0.2, -0.15) is 0 Å². The minimum Gasteiger partial charge on any atom is -0.347 e. The molecule has 32 heavy (non-hydrogen) atoms. The van der Waals surface area contributed by atoms with Gasteiger partial charge in [-0.25, -0.2) is 12.7 Å². The Balaban J connectivity index is 1.53. The Morgan fingerprint density at radius 3 is 2.25 bits per heavy atom. The van der Waals surface area contributed by atoms with Gasteiger partial charge in [0.25, 0.3) is 0 Å². The Kier molecular flexibility index (Phi) is 7.48. The lowest BCUT2D eigenvalue weighted by molar-refractivity contribution is -0.118. The predicted molar refractivity (Wildman–Crippen MR) is 125 cm³/mol. The van der Waals surface area contributed by atoms with E-state index in [9.17, 15) is 18.0 Å². The van der Waals surface area contributed by atoms with Crippen LogP contribution in [0.25, 0.3) is 0 Å². The fourth-order valence-electron chi connectivity index (χ4n) is 3.70. The van der Waals surface area contributed by atoms with Gasteiger partial charge < -0.3 is 10.6 Å². The lowest BCUT2D eigenvalue weighted by Crippen LogP contribution is -2.54. The van der Waals surface area contributed by atoms with Gasteiger partial charge in [0, 0.05) is 24.3 Å². The number of nitrogens with zero attached hydrogens (tertiary/aromatic N) is 1. The summed E-state index contributed by atoms with van der Waals surface area (Å²) in [7, 11) is -3.48. The van der Waals surface area contributed by atoms with Gasteiger partial charge in [0.1, 0.15) is 0 Å². The molecule has 1 aliphatic heterocycles. The first-order valence-electron chi connectivity index (χ1n) is 10.5. The molecule has 1 heterocycles. The molecular weight excluding hydrogens is 426 g/mol. The van der Waals surface area contributed by atoms with Crippen LogP contribution in [-0.4, -0.2) is 43.2 Å². The summed E-state index contributed by atoms with van der Waals surface area (Å²) in [5.74, 6) is -0.489. The van der Waals surface area contributed by atoms with Crippen LogP contribution in [-0.2, 0) is 31.8 Å². The molecular formula is C24H29N3O4S. The highest BCUT2D eigenvalue weighted by atomic mass is 32.2. The number of carbonyl (C=O) groups excluding carboxylic acids is 2. The normalized spacial score (nSPS) is 16.2. The van der Waals surface area contributed by atoms with E-state index < -0.39 is 15.6 Å². The van der Waals surface area contributed by atoms with Crippen molar-refractivity contribution in [2.24, 2.45) is 0 Å². The van der Waals surface area contributed by atoms with Crippen LogP contribution in [0.3, 0.4) is 0 Å². The lowest BCUT2D eigenvalue weighted by atomic mass is 9.90. The molecule has 0 saturated carbocycles. The topological polar surface area (TPSA) is 95.6 Å². The second-order valence-corrected chi connectivity index (χ2v) is 10.3. The molecule has 2 aromatic carbocycles. The molecule has 2 aromatic rings. The third kappa shape index (κ3) is 6.51. The molecule has 0 spiro atoms. The fourth-order valence-corrected chi connectivity index (χ4v) is 5.24. The number of rotatable bonds is 8. The molecule has 1 fully saturated rings. The highest BCUT2D eigenvalue weighted by molar-refractivity contribution is 7.88. The molecule has 2 N–H and O–H groups in total. The minimum atomic E-state index is -3.48. The van der Waals surface area contributed by atoms with Gasteiger partial charge >= 0.3 is 0 Å². The number of piperidine rings is 1. The quantitative estimate of drug-likeness (QED) is 0.599. The van der Waals surface area contributed by atoms with E-state index in [-0.39, 0.29) is 24.0 Å². The summed E-state index contributed by atoms with van der Waals surface area (Å²) in [4.78, 5) is 23.8. The summed E-state index contributed by atoms with van der Waals surface area (Å²) in [6.07, 6.45) is 2.58. The van der Waals surface area contributed by atoms with Gasteiger partial charge in [0.05, 0.1) is 12.2 Å². The molecule has 1 aliphatic rings. The van der Waals surface area contributed by atoms with Crippen LogP contribution in [0.5, 0.6) is 0 Å². The number of benzene rings is 2. The maximum absolute atomic E-state index is 12.9. The number of anilines is 1. The number of hydrogen-bond donors (Lipinski definition) is 2. The average Bonchev–Trinajstić information content (AvgIpc) is 2.75. The standard InChI is InChI=1S/C24H29N3O4S/c1-3-22(28)26-24(2)13-15-27(16-14-24)32(30,31)18-20-9-11-21(12-10-20)25-23(29)17-19-7-5-4-6-8-19/h3-12H,1,13-18H2,2H3,(H,25,29)(H,26,28). The Morgan fingerprint density at radius 1 is 1.03 bits per heavy atom. The first-order chi connectivity index (χ1) is 15.2. The molecule has 0 unspecified atom stereocenters. The summed E-state index contributed by atoms with van der Waals surface area (Å²) in [5.41, 5.74) is 1.77. The maximum atomic E-state index is 12.9. The monoisotopic (exact) mass is 455 g/mol. The number of amides is 2. The van der Waals surface area contributed by atoms with Crippen LogP contribution in [0.15, 0.2) is 67.3 Å². The maximum Gasteiger partial charge on any atom is 0.243 e. The number of carbonyl (C=O) groups is 2. The summed E-state index contributed by atoms with van der Waals surface area (Å²) in [5, 5.41) is 5.72. The highest BCUT2D eigenvalue weighted by Gasteiger charge is 2.35. The van der Waals surface area contributed by atoms with Gasteiger partial charge in [-0.15, -0.1) is 0 Å². The Hall–Kier alpha value is -2.97. The largest absolute Gasteiger partial charge is 0.347 e. The van der Waals surface area contributed by atoms with Crippen LogP contribution in [0.4, 0.5) is 5.69 Å². The molecule has 0 aromatic heterocycles. The van der Waals surface area contributed by atoms with E-state index in [1.807, 2.05) is 37.3 Å². The zero-order chi connectivity index (χ0) is 23.2. The lowest BCUT2D eigenvalue weighted by Gasteiger charge is -2.39. The van der Waals surface area contributed by atoms with Crippen LogP contribution >= 0.6 is 0 Å². The minimum absolute atomic E-state index is 0.110. The highest BCUT2D eigenvalue weighted by Crippen LogP contribution is 2.25. The number of nitrogens with one attached hydrogen (secondary N) is 2. The van der Waals surface area contributed by atoms with Gasteiger partial charge in [-0.05, 0) is 49.1 Å². The van der Waals surface area contributed by atoms with Crippen molar-refractivity contribution in [1.29, 1.82) is 0 Å². The van der Waals surface area contributed by atoms with E-state index in [1.54, 1.807) is 24.3 Å². The van der Waals surface area contributed by atoms with E-state index in [1.165, 1.54) is 10.4 Å². The van der Waals surface area contributed by atoms with Crippen molar-refractivity contribution in [3.8, 4) is 0 Å². The summed E-state index contributed by atoms with van der Waals surface area (Å²) < 4.78 is 27.2. The zero-order valence-electron chi connectivity index (χ0n) is 18.2. The van der Waals surface area contributed by atoms with Crippen LogP contribution in [0, 0.1) is 0 Å². The average molecular weight is 456 g/mol. The molecule has 3 rings (SSSR count). The van der Waals surface area contributed by atoms with Crippen molar-refractivity contribution in [3.63, 3.8) is 0 Å². The molecule has 8 heteroatoms. The zero-order valence-corrected chi connectivity index (χ0v) is 19.0. The van der Waals surface area contributed by atoms with Crippen LogP contribution in [0.1, 0.15) is 30.9 Å². The molecule has 2 amide bonds. The van der Waals surface area contributed by atoms with Crippen molar-refractivity contribution in [2.45, 2.75) is 37.5 Å². The van der Waals surface area contributed by atoms with Gasteiger partial charge in [0.2, 0.25) is 21.8 Å². The SMILES string of the molecule is C=CC(=O)NC1(C)CCN(S(=O)(=O)Cc2ccc(NC(=O)Cc3ccccc3)cc2)CC1. The first-order valence-corrected chi connectivity index (χ1v) is 12.2. The van der Waals surface area contributed by atoms with Gasteiger partial charge in [0.15, 0.2) is 0 Å². The van der Waals surface area contributed by atoms with E-state index in [0.29, 0.717) is 37.2 Å². The van der Waals surface area contributed by atoms with E-state index in [4.69, 9.17) is 0 Å². The van der Waals surface area contributed by atoms with E-state index in [2.05, 4.69) is 17.2 Å².